The molecule has 1 aromatic carbocycles. The SMILES string of the molecule is Clc1ccc2[nH]c(C3CC3)c(Br)c2c1. The lowest BCUT2D eigenvalue weighted by atomic mass is 10.2. The van der Waals surface area contributed by atoms with E-state index < -0.39 is 0 Å². The lowest BCUT2D eigenvalue weighted by molar-refractivity contribution is 1.05. The van der Waals surface area contributed by atoms with Crippen molar-refractivity contribution in [1.82, 2.24) is 4.98 Å². The number of hydrogen-bond acceptors (Lipinski definition) is 0. The standard InChI is InChI=1S/C11H9BrClN/c12-10-8-5-7(13)3-4-9(8)14-11(10)6-1-2-6/h3-6,14H,1-2H2. The highest BCUT2D eigenvalue weighted by Gasteiger charge is 2.28. The maximum atomic E-state index is 5.96. The van der Waals surface area contributed by atoms with E-state index in [4.69, 9.17) is 11.6 Å². The Morgan fingerprint density at radius 2 is 2.14 bits per heavy atom. The van der Waals surface area contributed by atoms with E-state index in [1.54, 1.807) is 0 Å². The van der Waals surface area contributed by atoms with E-state index in [1.807, 2.05) is 18.2 Å². The summed E-state index contributed by atoms with van der Waals surface area (Å²) in [5.41, 5.74) is 2.51. The summed E-state index contributed by atoms with van der Waals surface area (Å²) in [7, 11) is 0. The minimum atomic E-state index is 0.732. The molecule has 1 aliphatic carbocycles. The Bertz CT molecular complexity index is 499. The van der Waals surface area contributed by atoms with Crippen LogP contribution in [-0.2, 0) is 0 Å². The molecule has 72 valence electrons. The number of benzene rings is 1. The number of aromatic amines is 1. The molecule has 0 unspecified atom stereocenters. The monoisotopic (exact) mass is 269 g/mol. The van der Waals surface area contributed by atoms with Crippen molar-refractivity contribution in [1.29, 1.82) is 0 Å². The van der Waals surface area contributed by atoms with Gasteiger partial charge in [-0.3, -0.25) is 0 Å². The van der Waals surface area contributed by atoms with Crippen LogP contribution in [-0.4, -0.2) is 4.98 Å². The summed E-state index contributed by atoms with van der Waals surface area (Å²) in [6.07, 6.45) is 2.61. The smallest absolute Gasteiger partial charge is 0.0468 e. The van der Waals surface area contributed by atoms with Crippen LogP contribution < -0.4 is 0 Å². The second kappa shape index (κ2) is 3.01. The predicted molar refractivity (Wildman–Crippen MR) is 63.0 cm³/mol. The maximum Gasteiger partial charge on any atom is 0.0468 e. The van der Waals surface area contributed by atoms with Crippen LogP contribution >= 0.6 is 27.5 Å². The van der Waals surface area contributed by atoms with Crippen LogP contribution in [0.15, 0.2) is 22.7 Å². The van der Waals surface area contributed by atoms with Crippen molar-refractivity contribution >= 4 is 38.4 Å². The van der Waals surface area contributed by atoms with Gasteiger partial charge in [-0.15, -0.1) is 0 Å². The number of aromatic nitrogens is 1. The van der Waals surface area contributed by atoms with Crippen LogP contribution in [0.4, 0.5) is 0 Å². The van der Waals surface area contributed by atoms with Gasteiger partial charge in [0.15, 0.2) is 0 Å². The molecular formula is C11H9BrClN. The molecule has 1 saturated carbocycles. The Morgan fingerprint density at radius 3 is 2.86 bits per heavy atom. The molecule has 14 heavy (non-hydrogen) atoms. The first-order valence-electron chi connectivity index (χ1n) is 4.72. The zero-order valence-corrected chi connectivity index (χ0v) is 9.82. The highest BCUT2D eigenvalue weighted by Crippen LogP contribution is 2.45. The summed E-state index contributed by atoms with van der Waals surface area (Å²) < 4.78 is 1.19. The number of rotatable bonds is 1. The largest absolute Gasteiger partial charge is 0.357 e. The zero-order chi connectivity index (χ0) is 9.71. The number of fused-ring (bicyclic) bond motifs is 1. The lowest BCUT2D eigenvalue weighted by Crippen LogP contribution is -1.77. The minimum Gasteiger partial charge on any atom is -0.357 e. The third kappa shape index (κ3) is 1.29. The summed E-state index contributed by atoms with van der Waals surface area (Å²) in [5.74, 6) is 0.732. The molecule has 1 heterocycles. The van der Waals surface area contributed by atoms with Crippen LogP contribution in [0.1, 0.15) is 24.5 Å². The molecule has 0 spiro atoms. The Balaban J connectivity index is 2.29. The van der Waals surface area contributed by atoms with Crippen molar-refractivity contribution in [2.45, 2.75) is 18.8 Å². The quantitative estimate of drug-likeness (QED) is 0.787. The molecule has 2 aromatic rings. The molecule has 3 rings (SSSR count). The molecular weight excluding hydrogens is 261 g/mol. The molecule has 1 aromatic heterocycles. The van der Waals surface area contributed by atoms with E-state index in [0.29, 0.717) is 0 Å². The van der Waals surface area contributed by atoms with E-state index in [1.165, 1.54) is 33.9 Å². The van der Waals surface area contributed by atoms with Gasteiger partial charge in [-0.05, 0) is 47.0 Å². The first kappa shape index (κ1) is 8.81. The molecule has 3 heteroatoms. The average molecular weight is 271 g/mol. The molecule has 0 radical (unpaired) electrons. The summed E-state index contributed by atoms with van der Waals surface area (Å²) in [6.45, 7) is 0. The fourth-order valence-corrected chi connectivity index (χ4v) is 2.73. The molecule has 1 N–H and O–H groups in total. The Morgan fingerprint density at radius 1 is 1.36 bits per heavy atom. The Labute approximate surface area is 95.6 Å². The number of H-pyrrole nitrogens is 1. The molecule has 1 nitrogen and oxygen atoms in total. The number of nitrogens with one attached hydrogen (secondary N) is 1. The predicted octanol–water partition coefficient (Wildman–Crippen LogP) is 4.46. The van der Waals surface area contributed by atoms with Crippen LogP contribution in [0.3, 0.4) is 0 Å². The highest BCUT2D eigenvalue weighted by molar-refractivity contribution is 9.10. The van der Waals surface area contributed by atoms with Gasteiger partial charge in [-0.25, -0.2) is 0 Å². The fraction of sp³-hybridized carbons (Fsp3) is 0.273. The second-order valence-electron chi connectivity index (χ2n) is 3.82. The summed E-state index contributed by atoms with van der Waals surface area (Å²) in [4.78, 5) is 3.45. The first-order chi connectivity index (χ1) is 6.75. The van der Waals surface area contributed by atoms with Crippen LogP contribution in [0.25, 0.3) is 10.9 Å². The van der Waals surface area contributed by atoms with E-state index >= 15 is 0 Å². The third-order valence-corrected chi connectivity index (χ3v) is 3.80. The van der Waals surface area contributed by atoms with E-state index in [9.17, 15) is 0 Å². The first-order valence-corrected chi connectivity index (χ1v) is 5.89. The van der Waals surface area contributed by atoms with E-state index in [-0.39, 0.29) is 0 Å². The Kier molecular flexibility index (Phi) is 1.89. The van der Waals surface area contributed by atoms with Gasteiger partial charge in [0.25, 0.3) is 0 Å². The van der Waals surface area contributed by atoms with Crippen molar-refractivity contribution < 1.29 is 0 Å². The van der Waals surface area contributed by atoms with Gasteiger partial charge in [0.05, 0.1) is 0 Å². The van der Waals surface area contributed by atoms with Crippen molar-refractivity contribution in [3.8, 4) is 0 Å². The normalized spacial score (nSPS) is 16.4. The van der Waals surface area contributed by atoms with Gasteiger partial charge in [0, 0.05) is 32.0 Å². The van der Waals surface area contributed by atoms with Crippen LogP contribution in [0.5, 0.6) is 0 Å². The van der Waals surface area contributed by atoms with Gasteiger partial charge in [-0.1, -0.05) is 11.6 Å². The fourth-order valence-electron chi connectivity index (χ4n) is 1.81. The Hall–Kier alpha value is -0.470. The summed E-state index contributed by atoms with van der Waals surface area (Å²) >= 11 is 9.60. The third-order valence-electron chi connectivity index (χ3n) is 2.71. The molecule has 1 fully saturated rings. The van der Waals surface area contributed by atoms with Gasteiger partial charge < -0.3 is 4.98 Å². The molecule has 1 aliphatic rings. The second-order valence-corrected chi connectivity index (χ2v) is 5.05. The zero-order valence-electron chi connectivity index (χ0n) is 7.48. The molecule has 0 saturated heterocycles. The van der Waals surface area contributed by atoms with Gasteiger partial charge >= 0.3 is 0 Å². The average Bonchev–Trinajstić information content (AvgIpc) is 2.95. The van der Waals surface area contributed by atoms with Gasteiger partial charge in [0.2, 0.25) is 0 Å². The van der Waals surface area contributed by atoms with Gasteiger partial charge in [-0.2, -0.15) is 0 Å². The minimum absolute atomic E-state index is 0.732. The molecule has 0 atom stereocenters. The number of hydrogen-bond donors (Lipinski definition) is 1. The van der Waals surface area contributed by atoms with Crippen molar-refractivity contribution in [3.63, 3.8) is 0 Å². The van der Waals surface area contributed by atoms with Crippen LogP contribution in [0, 0.1) is 0 Å². The van der Waals surface area contributed by atoms with Gasteiger partial charge in [0.1, 0.15) is 0 Å². The summed E-state index contributed by atoms with van der Waals surface area (Å²) in [5, 5.41) is 1.99. The maximum absolute atomic E-state index is 5.96. The van der Waals surface area contributed by atoms with Crippen molar-refractivity contribution in [2.24, 2.45) is 0 Å². The topological polar surface area (TPSA) is 15.8 Å². The lowest BCUT2D eigenvalue weighted by Gasteiger charge is -1.92. The molecule has 0 bridgehead atoms. The van der Waals surface area contributed by atoms with E-state index in [0.717, 1.165) is 10.9 Å². The van der Waals surface area contributed by atoms with Crippen molar-refractivity contribution in [2.75, 3.05) is 0 Å². The molecule has 0 aliphatic heterocycles. The summed E-state index contributed by atoms with van der Waals surface area (Å²) in [6, 6.07) is 5.96. The van der Waals surface area contributed by atoms with Crippen LogP contribution in [0.2, 0.25) is 5.02 Å². The number of halogens is 2. The van der Waals surface area contributed by atoms with E-state index in [2.05, 4.69) is 20.9 Å². The van der Waals surface area contributed by atoms with Crippen molar-refractivity contribution in [3.05, 3.63) is 33.4 Å². The highest BCUT2D eigenvalue weighted by atomic mass is 79.9. The molecule has 0 amide bonds.